The first kappa shape index (κ1) is 14.7. The van der Waals surface area contributed by atoms with Gasteiger partial charge in [-0.15, -0.1) is 0 Å². The number of hydrogen-bond donors (Lipinski definition) is 1. The van der Waals surface area contributed by atoms with E-state index in [0.717, 1.165) is 18.2 Å². The van der Waals surface area contributed by atoms with E-state index in [1.54, 1.807) is 0 Å². The Morgan fingerprint density at radius 1 is 1.33 bits per heavy atom. The second-order valence-corrected chi connectivity index (χ2v) is 3.71. The summed E-state index contributed by atoms with van der Waals surface area (Å²) >= 11 is 0. The Bertz CT molecular complexity index is 406. The van der Waals surface area contributed by atoms with E-state index in [1.165, 1.54) is 6.92 Å². The van der Waals surface area contributed by atoms with Crippen molar-refractivity contribution < 1.29 is 31.8 Å². The zero-order valence-corrected chi connectivity index (χ0v) is 9.34. The van der Waals surface area contributed by atoms with Crippen LogP contribution in [-0.4, -0.2) is 24.1 Å². The Morgan fingerprint density at radius 2 is 1.94 bits per heavy atom. The average molecular weight is 270 g/mol. The third kappa shape index (κ3) is 3.56. The molecule has 1 N–H and O–H groups in total. The van der Waals surface area contributed by atoms with Gasteiger partial charge in [-0.2, -0.15) is 8.78 Å². The summed E-state index contributed by atoms with van der Waals surface area (Å²) in [4.78, 5) is 0. The normalized spacial score (nSPS) is 13.8. The molecule has 1 aromatic rings. The molecule has 1 unspecified atom stereocenters. The maximum atomic E-state index is 12.9. The van der Waals surface area contributed by atoms with Gasteiger partial charge in [-0.25, -0.2) is 13.2 Å². The molecule has 0 fully saturated rings. The van der Waals surface area contributed by atoms with E-state index in [-0.39, 0.29) is 11.3 Å². The van der Waals surface area contributed by atoms with Crippen molar-refractivity contribution in [2.24, 2.45) is 0 Å². The van der Waals surface area contributed by atoms with Gasteiger partial charge in [0.05, 0.1) is 6.10 Å². The Labute approximate surface area is 100.0 Å². The topological polar surface area (TPSA) is 29.5 Å². The quantitative estimate of drug-likeness (QED) is 0.833. The van der Waals surface area contributed by atoms with Gasteiger partial charge in [-0.05, 0) is 25.1 Å². The third-order valence-electron chi connectivity index (χ3n) is 2.16. The molecule has 0 spiro atoms. The van der Waals surface area contributed by atoms with Gasteiger partial charge in [-0.3, -0.25) is 0 Å². The number of halogens is 5. The van der Waals surface area contributed by atoms with Crippen molar-refractivity contribution in [3.05, 3.63) is 29.6 Å². The monoisotopic (exact) mass is 270 g/mol. The highest BCUT2D eigenvalue weighted by atomic mass is 19.3. The molecule has 0 aromatic heterocycles. The molecule has 1 rings (SSSR count). The summed E-state index contributed by atoms with van der Waals surface area (Å²) < 4.78 is 66.5. The fraction of sp³-hybridized carbons (Fsp3) is 0.455. The van der Waals surface area contributed by atoms with Crippen molar-refractivity contribution in [1.29, 1.82) is 0 Å². The minimum atomic E-state index is -4.30. The van der Waals surface area contributed by atoms with Crippen molar-refractivity contribution in [2.75, 3.05) is 6.61 Å². The predicted octanol–water partition coefficient (Wildman–Crippen LogP) is 3.16. The number of benzene rings is 1. The van der Waals surface area contributed by atoms with Crippen LogP contribution in [0.1, 0.15) is 18.6 Å². The van der Waals surface area contributed by atoms with Crippen molar-refractivity contribution in [2.45, 2.75) is 25.4 Å². The maximum absolute atomic E-state index is 12.9. The van der Waals surface area contributed by atoms with Gasteiger partial charge in [0.25, 0.3) is 0 Å². The highest BCUT2D eigenvalue weighted by Gasteiger charge is 2.41. The summed E-state index contributed by atoms with van der Waals surface area (Å²) in [7, 11) is 0. The zero-order chi connectivity index (χ0) is 13.9. The smallest absolute Gasteiger partial charge is 0.340 e. The summed E-state index contributed by atoms with van der Waals surface area (Å²) in [5.74, 6) is -5.25. The maximum Gasteiger partial charge on any atom is 0.340 e. The second kappa shape index (κ2) is 5.51. The summed E-state index contributed by atoms with van der Waals surface area (Å²) in [6.45, 7) is -0.275. The Morgan fingerprint density at radius 3 is 2.44 bits per heavy atom. The minimum Gasteiger partial charge on any atom is -0.487 e. The molecule has 0 radical (unpaired) electrons. The lowest BCUT2D eigenvalue weighted by Gasteiger charge is -2.18. The van der Waals surface area contributed by atoms with Crippen LogP contribution in [0.25, 0.3) is 0 Å². The molecule has 1 aromatic carbocycles. The number of aliphatic hydroxyl groups excluding tert-OH is 1. The number of ether oxygens (including phenoxy) is 1. The SMILES string of the molecule is CC(O)c1cc(F)ccc1OCC(F)(F)C(F)F. The third-order valence-corrected chi connectivity index (χ3v) is 2.16. The molecule has 0 heterocycles. The van der Waals surface area contributed by atoms with Gasteiger partial charge in [0.15, 0.2) is 6.61 Å². The summed E-state index contributed by atoms with van der Waals surface area (Å²) in [5.41, 5.74) is -0.0833. The lowest BCUT2D eigenvalue weighted by Crippen LogP contribution is -2.34. The van der Waals surface area contributed by atoms with Crippen LogP contribution in [0.15, 0.2) is 18.2 Å². The molecule has 0 saturated carbocycles. The van der Waals surface area contributed by atoms with Crippen LogP contribution in [0.5, 0.6) is 5.75 Å². The average Bonchev–Trinajstić information content (AvgIpc) is 2.27. The van der Waals surface area contributed by atoms with Crippen LogP contribution in [0.2, 0.25) is 0 Å². The number of hydrogen-bond acceptors (Lipinski definition) is 2. The first-order valence-electron chi connectivity index (χ1n) is 5.00. The second-order valence-electron chi connectivity index (χ2n) is 3.71. The number of aliphatic hydroxyl groups is 1. The van der Waals surface area contributed by atoms with Crippen molar-refractivity contribution in [1.82, 2.24) is 0 Å². The Hall–Kier alpha value is -1.37. The molecular formula is C11H11F5O2. The highest BCUT2D eigenvalue weighted by molar-refractivity contribution is 5.35. The van der Waals surface area contributed by atoms with E-state index in [4.69, 9.17) is 0 Å². The van der Waals surface area contributed by atoms with Gasteiger partial charge in [0.1, 0.15) is 11.6 Å². The molecule has 0 aliphatic rings. The van der Waals surface area contributed by atoms with Crippen LogP contribution in [0, 0.1) is 5.82 Å². The fourth-order valence-corrected chi connectivity index (χ4v) is 1.21. The van der Waals surface area contributed by atoms with Crippen LogP contribution in [0.3, 0.4) is 0 Å². The molecule has 0 amide bonds. The Balaban J connectivity index is 2.85. The van der Waals surface area contributed by atoms with E-state index >= 15 is 0 Å². The lowest BCUT2D eigenvalue weighted by atomic mass is 10.1. The number of rotatable bonds is 5. The first-order valence-corrected chi connectivity index (χ1v) is 5.00. The van der Waals surface area contributed by atoms with Gasteiger partial charge < -0.3 is 9.84 Å². The molecule has 0 saturated heterocycles. The molecule has 2 nitrogen and oxygen atoms in total. The molecular weight excluding hydrogens is 259 g/mol. The first-order chi connectivity index (χ1) is 8.24. The molecule has 0 aliphatic heterocycles. The zero-order valence-electron chi connectivity index (χ0n) is 9.34. The van der Waals surface area contributed by atoms with E-state index in [0.29, 0.717) is 0 Å². The van der Waals surface area contributed by atoms with Crippen LogP contribution < -0.4 is 4.74 Å². The van der Waals surface area contributed by atoms with E-state index in [2.05, 4.69) is 4.74 Å². The van der Waals surface area contributed by atoms with Crippen molar-refractivity contribution in [3.63, 3.8) is 0 Å². The number of alkyl halides is 4. The summed E-state index contributed by atoms with van der Waals surface area (Å²) in [5, 5.41) is 9.29. The molecule has 0 aliphatic carbocycles. The van der Waals surface area contributed by atoms with Crippen molar-refractivity contribution in [3.8, 4) is 5.75 Å². The van der Waals surface area contributed by atoms with E-state index in [1.807, 2.05) is 0 Å². The molecule has 102 valence electrons. The van der Waals surface area contributed by atoms with E-state index in [9.17, 15) is 27.1 Å². The summed E-state index contributed by atoms with van der Waals surface area (Å²) in [6, 6.07) is 2.81. The van der Waals surface area contributed by atoms with Crippen LogP contribution in [-0.2, 0) is 0 Å². The highest BCUT2D eigenvalue weighted by Crippen LogP contribution is 2.29. The van der Waals surface area contributed by atoms with Gasteiger partial charge in [0.2, 0.25) is 0 Å². The minimum absolute atomic E-state index is 0.0833. The standard InChI is InChI=1S/C11H11F5O2/c1-6(17)8-4-7(12)2-3-9(8)18-5-11(15,16)10(13)14/h2-4,6,10,17H,5H2,1H3. The van der Waals surface area contributed by atoms with E-state index < -0.39 is 30.9 Å². The van der Waals surface area contributed by atoms with Crippen LogP contribution >= 0.6 is 0 Å². The Kier molecular flexibility index (Phi) is 4.50. The molecule has 0 bridgehead atoms. The lowest BCUT2D eigenvalue weighted by molar-refractivity contribution is -0.148. The fourth-order valence-electron chi connectivity index (χ4n) is 1.21. The van der Waals surface area contributed by atoms with Gasteiger partial charge in [0, 0.05) is 5.56 Å². The predicted molar refractivity (Wildman–Crippen MR) is 53.5 cm³/mol. The molecule has 18 heavy (non-hydrogen) atoms. The van der Waals surface area contributed by atoms with Crippen LogP contribution in [0.4, 0.5) is 22.0 Å². The van der Waals surface area contributed by atoms with Crippen molar-refractivity contribution >= 4 is 0 Å². The summed E-state index contributed by atoms with van der Waals surface area (Å²) in [6.07, 6.45) is -5.02. The largest absolute Gasteiger partial charge is 0.487 e. The van der Waals surface area contributed by atoms with Gasteiger partial charge >= 0.3 is 12.3 Å². The molecule has 7 heteroatoms. The van der Waals surface area contributed by atoms with Gasteiger partial charge in [-0.1, -0.05) is 0 Å². The molecule has 1 atom stereocenters.